The smallest absolute Gasteiger partial charge is 0.475 e. The summed E-state index contributed by atoms with van der Waals surface area (Å²) in [6, 6.07) is 8.32. The molecule has 146 valence electrons. The van der Waals surface area contributed by atoms with Crippen molar-refractivity contribution >= 4 is 17.0 Å². The fourth-order valence-electron chi connectivity index (χ4n) is 2.84. The van der Waals surface area contributed by atoms with Crippen molar-refractivity contribution in [3.8, 4) is 11.3 Å². The van der Waals surface area contributed by atoms with Crippen molar-refractivity contribution in [3.63, 3.8) is 0 Å². The molecule has 1 aliphatic rings. The van der Waals surface area contributed by atoms with Crippen LogP contribution in [0, 0.1) is 0 Å². The van der Waals surface area contributed by atoms with Crippen LogP contribution in [0.5, 0.6) is 0 Å². The van der Waals surface area contributed by atoms with Gasteiger partial charge in [0, 0.05) is 18.0 Å². The Morgan fingerprint density at radius 3 is 2.29 bits per heavy atom. The highest BCUT2D eigenvalue weighted by molar-refractivity contribution is 5.79. The fourth-order valence-corrected chi connectivity index (χ4v) is 2.84. The van der Waals surface area contributed by atoms with E-state index in [-0.39, 0.29) is 0 Å². The summed E-state index contributed by atoms with van der Waals surface area (Å²) < 4.78 is 31.7. The molecule has 0 atom stereocenters. The number of nitrogens with one attached hydrogen (secondary N) is 1. The first-order chi connectivity index (χ1) is 13.3. The minimum absolute atomic E-state index is 0.877. The Morgan fingerprint density at radius 2 is 1.71 bits per heavy atom. The van der Waals surface area contributed by atoms with Crippen molar-refractivity contribution in [1.82, 2.24) is 20.3 Å². The fraction of sp³-hybridized carbons (Fsp3) is 0.263. The van der Waals surface area contributed by atoms with E-state index in [1.54, 1.807) is 6.20 Å². The van der Waals surface area contributed by atoms with Gasteiger partial charge in [-0.05, 0) is 61.3 Å². The summed E-state index contributed by atoms with van der Waals surface area (Å²) >= 11 is 0. The van der Waals surface area contributed by atoms with Crippen molar-refractivity contribution in [3.05, 3.63) is 54.0 Å². The van der Waals surface area contributed by atoms with Crippen molar-refractivity contribution in [1.29, 1.82) is 0 Å². The van der Waals surface area contributed by atoms with E-state index >= 15 is 0 Å². The van der Waals surface area contributed by atoms with Gasteiger partial charge in [-0.25, -0.2) is 9.78 Å². The average Bonchev–Trinajstić information content (AvgIpc) is 2.91. The largest absolute Gasteiger partial charge is 0.490 e. The summed E-state index contributed by atoms with van der Waals surface area (Å²) in [6.45, 7) is 2.08. The second-order valence-corrected chi connectivity index (χ2v) is 6.16. The molecule has 0 amide bonds. The molecule has 3 aromatic rings. The molecule has 6 nitrogen and oxygen atoms in total. The highest BCUT2D eigenvalue weighted by Crippen LogP contribution is 2.22. The molecule has 1 aromatic carbocycles. The lowest BCUT2D eigenvalue weighted by Gasteiger charge is -2.08. The Morgan fingerprint density at radius 1 is 1.07 bits per heavy atom. The molecule has 0 fully saturated rings. The molecule has 9 heteroatoms. The third kappa shape index (κ3) is 4.80. The number of benzene rings is 1. The second-order valence-electron chi connectivity index (χ2n) is 6.16. The van der Waals surface area contributed by atoms with Crippen molar-refractivity contribution in [2.24, 2.45) is 0 Å². The minimum Gasteiger partial charge on any atom is -0.475 e. The Bertz CT molecular complexity index is 978. The molecule has 2 aromatic heterocycles. The predicted molar refractivity (Wildman–Crippen MR) is 96.7 cm³/mol. The highest BCUT2D eigenvalue weighted by atomic mass is 19.4. The number of carbonyl (C=O) groups is 1. The first-order valence-electron chi connectivity index (χ1n) is 8.54. The van der Waals surface area contributed by atoms with Gasteiger partial charge in [-0.2, -0.15) is 13.2 Å². The molecular formula is C19H17F3N4O2. The number of fused-ring (bicyclic) bond motifs is 2. The number of nitrogens with zero attached hydrogens (tertiary/aromatic N) is 3. The van der Waals surface area contributed by atoms with Gasteiger partial charge in [-0.3, -0.25) is 9.97 Å². The number of hydrogen-bond acceptors (Lipinski definition) is 5. The number of rotatable bonds is 1. The van der Waals surface area contributed by atoms with Crippen molar-refractivity contribution in [2.75, 3.05) is 13.1 Å². The molecule has 3 heterocycles. The molecule has 28 heavy (non-hydrogen) atoms. The van der Waals surface area contributed by atoms with E-state index in [0.717, 1.165) is 48.2 Å². The maximum Gasteiger partial charge on any atom is 0.490 e. The zero-order valence-corrected chi connectivity index (χ0v) is 14.7. The number of halogens is 3. The number of carboxylic acid groups (broad SMARTS) is 1. The molecule has 0 unspecified atom stereocenters. The molecule has 1 aliphatic heterocycles. The molecule has 4 rings (SSSR count). The summed E-state index contributed by atoms with van der Waals surface area (Å²) in [4.78, 5) is 22.4. The lowest BCUT2D eigenvalue weighted by atomic mass is 10.0. The molecular weight excluding hydrogens is 373 g/mol. The third-order valence-electron chi connectivity index (χ3n) is 4.21. The van der Waals surface area contributed by atoms with Crippen LogP contribution in [0.1, 0.15) is 11.1 Å². The SMILES string of the molecule is O=C(O)C(F)(F)F.c1cncc(-c2cnc3cc4c(cc3n2)CCNCC4)c1. The summed E-state index contributed by atoms with van der Waals surface area (Å²) in [5, 5.41) is 10.6. The van der Waals surface area contributed by atoms with Crippen LogP contribution in [0.4, 0.5) is 13.2 Å². The molecule has 0 saturated carbocycles. The van der Waals surface area contributed by atoms with Crippen LogP contribution in [0.15, 0.2) is 42.9 Å². The van der Waals surface area contributed by atoms with Gasteiger partial charge >= 0.3 is 12.1 Å². The van der Waals surface area contributed by atoms with Gasteiger partial charge in [0.25, 0.3) is 0 Å². The zero-order chi connectivity index (χ0) is 20.1. The highest BCUT2D eigenvalue weighted by Gasteiger charge is 2.38. The van der Waals surface area contributed by atoms with Crippen molar-refractivity contribution < 1.29 is 23.1 Å². The quantitative estimate of drug-likeness (QED) is 0.664. The van der Waals surface area contributed by atoms with Gasteiger partial charge in [-0.15, -0.1) is 0 Å². The Kier molecular flexibility index (Phi) is 5.84. The predicted octanol–water partition coefficient (Wildman–Crippen LogP) is 3.01. The van der Waals surface area contributed by atoms with E-state index in [1.165, 1.54) is 11.1 Å². The number of aromatic nitrogens is 3. The van der Waals surface area contributed by atoms with Crippen LogP contribution in [-0.4, -0.2) is 45.3 Å². The standard InChI is InChI=1S/C17H16N4.C2HF3O2/c1-2-14(10-19-5-1)17-11-20-15-8-12-3-6-18-7-4-13(12)9-16(15)21-17;3-2(4,5)1(6)7/h1-2,5,8-11,18H,3-4,6-7H2;(H,6,7). The number of alkyl halides is 3. The maximum atomic E-state index is 10.6. The molecule has 0 aliphatic carbocycles. The zero-order valence-electron chi connectivity index (χ0n) is 14.7. The molecule has 0 saturated heterocycles. The summed E-state index contributed by atoms with van der Waals surface area (Å²) in [6.07, 6.45) is 2.47. The van der Waals surface area contributed by atoms with Crippen LogP contribution in [0.25, 0.3) is 22.3 Å². The van der Waals surface area contributed by atoms with Crippen LogP contribution in [-0.2, 0) is 17.6 Å². The normalized spacial score (nSPS) is 13.8. The van der Waals surface area contributed by atoms with E-state index in [2.05, 4.69) is 27.4 Å². The minimum atomic E-state index is -5.08. The lowest BCUT2D eigenvalue weighted by molar-refractivity contribution is -0.192. The second kappa shape index (κ2) is 8.30. The molecule has 0 bridgehead atoms. The lowest BCUT2D eigenvalue weighted by Crippen LogP contribution is -2.21. The third-order valence-corrected chi connectivity index (χ3v) is 4.21. The topological polar surface area (TPSA) is 88.0 Å². The van der Waals surface area contributed by atoms with Gasteiger partial charge in [0.1, 0.15) is 0 Å². The monoisotopic (exact) mass is 390 g/mol. The summed E-state index contributed by atoms with van der Waals surface area (Å²) in [5.74, 6) is -2.76. The summed E-state index contributed by atoms with van der Waals surface area (Å²) in [5.41, 5.74) is 6.62. The number of pyridine rings is 1. The van der Waals surface area contributed by atoms with Gasteiger partial charge in [0.2, 0.25) is 0 Å². The van der Waals surface area contributed by atoms with Crippen LogP contribution >= 0.6 is 0 Å². The first-order valence-corrected chi connectivity index (χ1v) is 8.54. The maximum absolute atomic E-state index is 10.6. The van der Waals surface area contributed by atoms with Crippen LogP contribution in [0.3, 0.4) is 0 Å². The average molecular weight is 390 g/mol. The van der Waals surface area contributed by atoms with Gasteiger partial charge < -0.3 is 10.4 Å². The van der Waals surface area contributed by atoms with Crippen molar-refractivity contribution in [2.45, 2.75) is 19.0 Å². The van der Waals surface area contributed by atoms with Crippen LogP contribution < -0.4 is 5.32 Å². The number of aliphatic carboxylic acids is 1. The Balaban J connectivity index is 0.000000279. The van der Waals surface area contributed by atoms with E-state index < -0.39 is 12.1 Å². The van der Waals surface area contributed by atoms with E-state index in [1.807, 2.05) is 24.5 Å². The van der Waals surface area contributed by atoms with Crippen LogP contribution in [0.2, 0.25) is 0 Å². The Hall–Kier alpha value is -3.07. The Labute approximate surface area is 158 Å². The summed E-state index contributed by atoms with van der Waals surface area (Å²) in [7, 11) is 0. The molecule has 2 N–H and O–H groups in total. The van der Waals surface area contributed by atoms with E-state index in [4.69, 9.17) is 14.9 Å². The molecule has 0 spiro atoms. The van der Waals surface area contributed by atoms with E-state index in [9.17, 15) is 13.2 Å². The van der Waals surface area contributed by atoms with Gasteiger partial charge in [-0.1, -0.05) is 0 Å². The number of carboxylic acids is 1. The molecule has 0 radical (unpaired) electrons. The number of hydrogen-bond donors (Lipinski definition) is 2. The van der Waals surface area contributed by atoms with Gasteiger partial charge in [0.15, 0.2) is 0 Å². The first kappa shape index (κ1) is 19.7. The van der Waals surface area contributed by atoms with Gasteiger partial charge in [0.05, 0.1) is 22.9 Å². The van der Waals surface area contributed by atoms with E-state index in [0.29, 0.717) is 0 Å².